The molecule has 0 bridgehead atoms. The van der Waals surface area contributed by atoms with Gasteiger partial charge < -0.3 is 5.32 Å². The Morgan fingerprint density at radius 3 is 2.33 bits per heavy atom. The van der Waals surface area contributed by atoms with E-state index in [1.54, 1.807) is 0 Å². The second-order valence-electron chi connectivity index (χ2n) is 8.32. The average molecular weight is 399 g/mol. The van der Waals surface area contributed by atoms with Crippen LogP contribution in [0.1, 0.15) is 41.1 Å². The first-order valence-corrected chi connectivity index (χ1v) is 10.9. The number of amides is 1. The fourth-order valence-corrected chi connectivity index (χ4v) is 4.46. The topological polar surface area (TPSA) is 32.3 Å². The highest BCUT2D eigenvalue weighted by molar-refractivity contribution is 5.79. The minimum atomic E-state index is 0.0264. The van der Waals surface area contributed by atoms with Gasteiger partial charge in [-0.2, -0.15) is 0 Å². The van der Waals surface area contributed by atoms with Crippen LogP contribution in [0.15, 0.2) is 84.9 Å². The number of carbonyl (C=O) groups is 1. The van der Waals surface area contributed by atoms with E-state index in [4.69, 9.17) is 0 Å². The maximum Gasteiger partial charge on any atom is 0.224 e. The number of rotatable bonds is 6. The quantitative estimate of drug-likeness (QED) is 0.614. The fourth-order valence-electron chi connectivity index (χ4n) is 4.46. The van der Waals surface area contributed by atoms with Gasteiger partial charge in [0, 0.05) is 25.7 Å². The molecule has 3 heteroatoms. The lowest BCUT2D eigenvalue weighted by atomic mass is 9.88. The average Bonchev–Trinajstić information content (AvgIpc) is 2.79. The van der Waals surface area contributed by atoms with E-state index in [0.29, 0.717) is 12.6 Å². The summed E-state index contributed by atoms with van der Waals surface area (Å²) in [6.07, 6.45) is 1.92. The maximum absolute atomic E-state index is 13.0. The largest absolute Gasteiger partial charge is 0.352 e. The van der Waals surface area contributed by atoms with Crippen molar-refractivity contribution in [3.63, 3.8) is 0 Å². The van der Waals surface area contributed by atoms with Crippen LogP contribution in [0.25, 0.3) is 0 Å². The van der Waals surface area contributed by atoms with E-state index in [0.717, 1.165) is 31.5 Å². The Kier molecular flexibility index (Phi) is 6.60. The van der Waals surface area contributed by atoms with Gasteiger partial charge in [0.15, 0.2) is 0 Å². The number of nitrogens with one attached hydrogen (secondary N) is 1. The van der Waals surface area contributed by atoms with Crippen LogP contribution in [0, 0.1) is 12.8 Å². The molecule has 1 aliphatic heterocycles. The first kappa shape index (κ1) is 20.4. The second-order valence-corrected chi connectivity index (χ2v) is 8.32. The molecule has 0 spiro atoms. The lowest BCUT2D eigenvalue weighted by Crippen LogP contribution is -2.44. The first-order valence-electron chi connectivity index (χ1n) is 10.9. The predicted octanol–water partition coefficient (Wildman–Crippen LogP) is 5.26. The molecule has 0 aromatic heterocycles. The zero-order valence-electron chi connectivity index (χ0n) is 17.6. The number of likely N-dealkylation sites (tertiary alicyclic amines) is 1. The molecule has 3 nitrogen and oxygen atoms in total. The Morgan fingerprint density at radius 1 is 0.900 bits per heavy atom. The van der Waals surface area contributed by atoms with Gasteiger partial charge in [-0.1, -0.05) is 90.5 Å². The lowest BCUT2D eigenvalue weighted by molar-refractivity contribution is -0.127. The number of aryl methyl sites for hydroxylation is 1. The van der Waals surface area contributed by atoms with Crippen LogP contribution in [0.2, 0.25) is 0 Å². The molecule has 154 valence electrons. The summed E-state index contributed by atoms with van der Waals surface area (Å²) in [6, 6.07) is 29.9. The lowest BCUT2D eigenvalue weighted by Gasteiger charge is -2.39. The third-order valence-electron chi connectivity index (χ3n) is 6.02. The van der Waals surface area contributed by atoms with Crippen LogP contribution in [-0.4, -0.2) is 17.4 Å². The van der Waals surface area contributed by atoms with Gasteiger partial charge in [-0.15, -0.1) is 0 Å². The zero-order chi connectivity index (χ0) is 20.8. The van der Waals surface area contributed by atoms with Gasteiger partial charge in [0.2, 0.25) is 5.91 Å². The molecule has 4 rings (SSSR count). The smallest absolute Gasteiger partial charge is 0.224 e. The molecule has 1 N–H and O–H groups in total. The molecule has 1 saturated heterocycles. The van der Waals surface area contributed by atoms with E-state index in [1.165, 1.54) is 16.7 Å². The van der Waals surface area contributed by atoms with Crippen LogP contribution in [0.4, 0.5) is 0 Å². The summed E-state index contributed by atoms with van der Waals surface area (Å²) < 4.78 is 0. The SMILES string of the molecule is Cc1cccc(CNC(=O)C2CCC(c3ccccc3)N(Cc3ccccc3)C2)c1. The highest BCUT2D eigenvalue weighted by Crippen LogP contribution is 2.34. The maximum atomic E-state index is 13.0. The van der Waals surface area contributed by atoms with Crippen LogP contribution in [-0.2, 0) is 17.9 Å². The van der Waals surface area contributed by atoms with Gasteiger partial charge in [0.1, 0.15) is 0 Å². The molecule has 1 heterocycles. The van der Waals surface area contributed by atoms with Crippen LogP contribution in [0.5, 0.6) is 0 Å². The molecule has 3 aromatic carbocycles. The molecule has 1 aliphatic rings. The number of hydrogen-bond donors (Lipinski definition) is 1. The molecule has 0 radical (unpaired) electrons. The standard InChI is InChI=1S/C27H30N2O/c1-21-9-8-12-23(17-21)18-28-27(30)25-15-16-26(24-13-6-3-7-14-24)29(20-25)19-22-10-4-2-5-11-22/h2-14,17,25-26H,15-16,18-20H2,1H3,(H,28,30). The number of nitrogens with zero attached hydrogens (tertiary/aromatic N) is 1. The zero-order valence-corrected chi connectivity index (χ0v) is 17.6. The number of benzene rings is 3. The summed E-state index contributed by atoms with van der Waals surface area (Å²) in [5.74, 6) is 0.194. The monoisotopic (exact) mass is 398 g/mol. The van der Waals surface area contributed by atoms with Crippen molar-refractivity contribution in [1.29, 1.82) is 0 Å². The second kappa shape index (κ2) is 9.73. The highest BCUT2D eigenvalue weighted by atomic mass is 16.1. The van der Waals surface area contributed by atoms with E-state index < -0.39 is 0 Å². The van der Waals surface area contributed by atoms with E-state index >= 15 is 0 Å². The Hall–Kier alpha value is -2.91. The Balaban J connectivity index is 1.45. The Bertz CT molecular complexity index is 955. The molecule has 2 atom stereocenters. The van der Waals surface area contributed by atoms with Gasteiger partial charge >= 0.3 is 0 Å². The number of carbonyl (C=O) groups excluding carboxylic acids is 1. The highest BCUT2D eigenvalue weighted by Gasteiger charge is 2.32. The molecule has 3 aromatic rings. The Labute approximate surface area is 179 Å². The van der Waals surface area contributed by atoms with E-state index in [9.17, 15) is 4.79 Å². The summed E-state index contributed by atoms with van der Waals surface area (Å²) in [4.78, 5) is 15.4. The Morgan fingerprint density at radius 2 is 1.60 bits per heavy atom. The van der Waals surface area contributed by atoms with Gasteiger partial charge in [0.05, 0.1) is 5.92 Å². The van der Waals surface area contributed by atoms with Gasteiger partial charge in [0.25, 0.3) is 0 Å². The van der Waals surface area contributed by atoms with Gasteiger partial charge in [-0.05, 0) is 36.5 Å². The summed E-state index contributed by atoms with van der Waals surface area (Å²) in [5.41, 5.74) is 5.01. The van der Waals surface area contributed by atoms with Crippen LogP contribution < -0.4 is 5.32 Å². The minimum absolute atomic E-state index is 0.0264. The van der Waals surface area contributed by atoms with Crippen molar-refractivity contribution in [3.05, 3.63) is 107 Å². The molecule has 1 amide bonds. The molecular formula is C27H30N2O. The summed E-state index contributed by atoms with van der Waals surface area (Å²) >= 11 is 0. The first-order chi connectivity index (χ1) is 14.7. The summed E-state index contributed by atoms with van der Waals surface area (Å²) in [7, 11) is 0. The fraction of sp³-hybridized carbons (Fsp3) is 0.296. The van der Waals surface area contributed by atoms with Crippen molar-refractivity contribution in [2.24, 2.45) is 5.92 Å². The van der Waals surface area contributed by atoms with E-state index in [2.05, 4.69) is 96.0 Å². The minimum Gasteiger partial charge on any atom is -0.352 e. The molecule has 2 unspecified atom stereocenters. The molecule has 0 saturated carbocycles. The van der Waals surface area contributed by atoms with Gasteiger partial charge in [-0.3, -0.25) is 9.69 Å². The van der Waals surface area contributed by atoms with Crippen molar-refractivity contribution >= 4 is 5.91 Å². The summed E-state index contributed by atoms with van der Waals surface area (Å²) in [5, 5.41) is 3.17. The number of hydrogen-bond acceptors (Lipinski definition) is 2. The predicted molar refractivity (Wildman–Crippen MR) is 122 cm³/mol. The van der Waals surface area contributed by atoms with Crippen molar-refractivity contribution in [2.75, 3.05) is 6.54 Å². The van der Waals surface area contributed by atoms with Crippen molar-refractivity contribution in [1.82, 2.24) is 10.2 Å². The molecule has 0 aliphatic carbocycles. The molecule has 30 heavy (non-hydrogen) atoms. The normalized spacial score (nSPS) is 19.4. The van der Waals surface area contributed by atoms with E-state index in [-0.39, 0.29) is 11.8 Å². The molecular weight excluding hydrogens is 368 g/mol. The molecule has 1 fully saturated rings. The summed E-state index contributed by atoms with van der Waals surface area (Å²) in [6.45, 7) is 4.33. The third kappa shape index (κ3) is 5.17. The van der Waals surface area contributed by atoms with Crippen LogP contribution in [0.3, 0.4) is 0 Å². The number of piperidine rings is 1. The van der Waals surface area contributed by atoms with E-state index in [1.807, 2.05) is 6.07 Å². The third-order valence-corrected chi connectivity index (χ3v) is 6.02. The van der Waals surface area contributed by atoms with Crippen molar-refractivity contribution in [2.45, 2.75) is 38.9 Å². The van der Waals surface area contributed by atoms with Crippen LogP contribution >= 0.6 is 0 Å². The van der Waals surface area contributed by atoms with Crippen molar-refractivity contribution in [3.8, 4) is 0 Å². The van der Waals surface area contributed by atoms with Gasteiger partial charge in [-0.25, -0.2) is 0 Å². The van der Waals surface area contributed by atoms with Crippen molar-refractivity contribution < 1.29 is 4.79 Å².